The van der Waals surface area contributed by atoms with Crippen LogP contribution in [0.3, 0.4) is 0 Å². The average molecular weight is 528 g/mol. The molecule has 3 aromatic rings. The summed E-state index contributed by atoms with van der Waals surface area (Å²) in [4.78, 5) is 22.0. The fraction of sp³-hybridized carbons (Fsp3) is 0.333. The molecule has 0 saturated heterocycles. The molecule has 2 atom stereocenters. The minimum absolute atomic E-state index is 0.0643. The van der Waals surface area contributed by atoms with Crippen molar-refractivity contribution in [2.24, 2.45) is 10.1 Å². The lowest BCUT2D eigenvalue weighted by molar-refractivity contribution is -0.128. The quantitative estimate of drug-likeness (QED) is 0.135. The number of carbonyl (C=O) groups is 1. The highest BCUT2D eigenvalue weighted by Gasteiger charge is 2.53. The summed E-state index contributed by atoms with van der Waals surface area (Å²) < 4.78 is 12.2. The second-order valence-electron chi connectivity index (χ2n) is 9.30. The monoisotopic (exact) mass is 527 g/mol. The van der Waals surface area contributed by atoms with Crippen molar-refractivity contribution in [3.63, 3.8) is 0 Å². The van der Waals surface area contributed by atoms with Crippen LogP contribution in [0.15, 0.2) is 89.0 Å². The van der Waals surface area contributed by atoms with E-state index in [4.69, 9.17) is 25.1 Å². The van der Waals surface area contributed by atoms with Gasteiger partial charge in [0.05, 0.1) is 13.2 Å². The summed E-state index contributed by atoms with van der Waals surface area (Å²) in [6.45, 7) is 3.11. The smallest absolute Gasteiger partial charge is 0.252 e. The van der Waals surface area contributed by atoms with E-state index < -0.39 is 11.6 Å². The molecule has 0 spiro atoms. The Morgan fingerprint density at radius 1 is 1.13 bits per heavy atom. The zero-order valence-corrected chi connectivity index (χ0v) is 22.0. The molecule has 0 aliphatic carbocycles. The highest BCUT2D eigenvalue weighted by molar-refractivity contribution is 6.01. The van der Waals surface area contributed by atoms with Gasteiger partial charge in [0.25, 0.3) is 5.91 Å². The Hall–Kier alpha value is -4.33. The molecule has 39 heavy (non-hydrogen) atoms. The standard InChI is InChI=1S/C30H33N5O4/c1-2-17-32-29(37)30(20-22-9-4-3-5-10-22)27(26-12-7-6-11-24(26)21-33-35-31)39-28(34-30)23-13-15-25(16-14-23)38-19-8-18-36/h3-7,9-16,27,36H,2,8,17-21H2,1H3,(H,32,37)/t27-,30-/m1/s1. The predicted octanol–water partition coefficient (Wildman–Crippen LogP) is 5.28. The van der Waals surface area contributed by atoms with E-state index in [1.165, 1.54) is 0 Å². The topological polar surface area (TPSA) is 129 Å². The van der Waals surface area contributed by atoms with Gasteiger partial charge in [-0.3, -0.25) is 4.79 Å². The Morgan fingerprint density at radius 3 is 2.59 bits per heavy atom. The number of azide groups is 1. The molecule has 1 heterocycles. The first-order valence-electron chi connectivity index (χ1n) is 13.1. The Balaban J connectivity index is 1.80. The Kier molecular flexibility index (Phi) is 9.56. The summed E-state index contributed by atoms with van der Waals surface area (Å²) >= 11 is 0. The summed E-state index contributed by atoms with van der Waals surface area (Å²) in [6.07, 6.45) is 0.884. The number of amides is 1. The number of benzene rings is 3. The second-order valence-corrected chi connectivity index (χ2v) is 9.30. The first-order chi connectivity index (χ1) is 19.1. The molecule has 1 amide bonds. The molecule has 1 aliphatic heterocycles. The average Bonchev–Trinajstić information content (AvgIpc) is 3.36. The number of hydrogen-bond acceptors (Lipinski definition) is 6. The van der Waals surface area contributed by atoms with Gasteiger partial charge in [-0.25, -0.2) is 4.99 Å². The number of nitrogens with one attached hydrogen (secondary N) is 1. The Morgan fingerprint density at radius 2 is 1.87 bits per heavy atom. The van der Waals surface area contributed by atoms with E-state index in [-0.39, 0.29) is 19.1 Å². The van der Waals surface area contributed by atoms with E-state index in [1.807, 2.05) is 85.8 Å². The van der Waals surface area contributed by atoms with Crippen LogP contribution in [0.1, 0.15) is 48.1 Å². The van der Waals surface area contributed by atoms with E-state index in [1.54, 1.807) is 0 Å². The minimum Gasteiger partial charge on any atom is -0.494 e. The van der Waals surface area contributed by atoms with E-state index in [9.17, 15) is 4.79 Å². The zero-order chi connectivity index (χ0) is 27.5. The summed E-state index contributed by atoms with van der Waals surface area (Å²) in [6, 6.07) is 24.6. The maximum absolute atomic E-state index is 14.0. The van der Waals surface area contributed by atoms with Crippen LogP contribution in [0.5, 0.6) is 5.75 Å². The van der Waals surface area contributed by atoms with Crippen molar-refractivity contribution in [3.8, 4) is 5.75 Å². The van der Waals surface area contributed by atoms with E-state index in [0.29, 0.717) is 43.2 Å². The van der Waals surface area contributed by atoms with Crippen LogP contribution in [0, 0.1) is 0 Å². The fourth-order valence-corrected chi connectivity index (χ4v) is 4.60. The van der Waals surface area contributed by atoms with Crippen molar-refractivity contribution in [1.82, 2.24) is 5.32 Å². The van der Waals surface area contributed by atoms with Gasteiger partial charge < -0.3 is 19.9 Å². The third-order valence-corrected chi connectivity index (χ3v) is 6.52. The molecule has 9 heteroatoms. The molecule has 2 N–H and O–H groups in total. The molecule has 0 saturated carbocycles. The van der Waals surface area contributed by atoms with Gasteiger partial charge in [0, 0.05) is 36.5 Å². The van der Waals surface area contributed by atoms with E-state index in [2.05, 4.69) is 15.3 Å². The van der Waals surface area contributed by atoms with Gasteiger partial charge in [-0.15, -0.1) is 0 Å². The largest absolute Gasteiger partial charge is 0.494 e. The van der Waals surface area contributed by atoms with Crippen molar-refractivity contribution in [1.29, 1.82) is 0 Å². The number of ether oxygens (including phenoxy) is 2. The van der Waals surface area contributed by atoms with Crippen molar-refractivity contribution >= 4 is 11.8 Å². The summed E-state index contributed by atoms with van der Waals surface area (Å²) in [5, 5.41) is 15.8. The molecule has 4 rings (SSSR count). The van der Waals surface area contributed by atoms with Crippen molar-refractivity contribution in [2.75, 3.05) is 19.8 Å². The molecular weight excluding hydrogens is 494 g/mol. The number of hydrogen-bond donors (Lipinski definition) is 2. The number of aliphatic hydroxyl groups excluding tert-OH is 1. The van der Waals surface area contributed by atoms with Crippen molar-refractivity contribution < 1.29 is 19.4 Å². The summed E-state index contributed by atoms with van der Waals surface area (Å²) in [5.74, 6) is 0.789. The molecule has 0 unspecified atom stereocenters. The van der Waals surface area contributed by atoms with Crippen LogP contribution in [-0.4, -0.2) is 42.2 Å². The van der Waals surface area contributed by atoms with Gasteiger partial charge in [0.15, 0.2) is 11.6 Å². The molecular formula is C30H33N5O4. The molecule has 202 valence electrons. The van der Waals surface area contributed by atoms with E-state index in [0.717, 1.165) is 23.1 Å². The normalized spacial score (nSPS) is 18.0. The zero-order valence-electron chi connectivity index (χ0n) is 22.0. The lowest BCUT2D eigenvalue weighted by Gasteiger charge is -2.31. The molecule has 9 nitrogen and oxygen atoms in total. The van der Waals surface area contributed by atoms with Crippen molar-refractivity contribution in [2.45, 2.75) is 44.4 Å². The SMILES string of the molecule is CCCNC(=O)[C@]1(Cc2ccccc2)N=C(c2ccc(OCCCO)cc2)O[C@@H]1c1ccccc1CN=[N+]=[N-]. The van der Waals surface area contributed by atoms with Gasteiger partial charge in [-0.1, -0.05) is 66.6 Å². The second kappa shape index (κ2) is 13.5. The maximum atomic E-state index is 14.0. The van der Waals surface area contributed by atoms with Gasteiger partial charge in [-0.2, -0.15) is 0 Å². The van der Waals surface area contributed by atoms with Crippen LogP contribution in [-0.2, 0) is 22.5 Å². The van der Waals surface area contributed by atoms with Crippen LogP contribution < -0.4 is 10.1 Å². The molecule has 1 aliphatic rings. The molecule has 3 aromatic carbocycles. The number of aliphatic imine (C=N–C) groups is 1. The summed E-state index contributed by atoms with van der Waals surface area (Å²) in [5.41, 5.74) is 10.8. The van der Waals surface area contributed by atoms with Crippen molar-refractivity contribution in [3.05, 3.63) is 112 Å². The lowest BCUT2D eigenvalue weighted by Crippen LogP contribution is -2.50. The number of carbonyl (C=O) groups excluding carboxylic acids is 1. The van der Waals surface area contributed by atoms with Gasteiger partial charge >= 0.3 is 0 Å². The van der Waals surface area contributed by atoms with Crippen LogP contribution in [0.25, 0.3) is 10.4 Å². The minimum atomic E-state index is -1.30. The third-order valence-electron chi connectivity index (χ3n) is 6.52. The number of aliphatic hydroxyl groups is 1. The van der Waals surface area contributed by atoms with Gasteiger partial charge in [0.2, 0.25) is 5.90 Å². The van der Waals surface area contributed by atoms with Crippen LogP contribution >= 0.6 is 0 Å². The molecule has 0 bridgehead atoms. The highest BCUT2D eigenvalue weighted by atomic mass is 16.5. The van der Waals surface area contributed by atoms with Gasteiger partial charge in [-0.05, 0) is 52.9 Å². The number of rotatable bonds is 13. The Bertz CT molecular complexity index is 1320. The molecule has 0 aromatic heterocycles. The van der Waals surface area contributed by atoms with Crippen LogP contribution in [0.4, 0.5) is 0 Å². The highest BCUT2D eigenvalue weighted by Crippen LogP contribution is 2.43. The first kappa shape index (κ1) is 27.7. The summed E-state index contributed by atoms with van der Waals surface area (Å²) in [7, 11) is 0. The first-order valence-corrected chi connectivity index (χ1v) is 13.1. The third kappa shape index (κ3) is 6.57. The van der Waals surface area contributed by atoms with Gasteiger partial charge in [0.1, 0.15) is 5.75 Å². The number of nitrogens with zero attached hydrogens (tertiary/aromatic N) is 4. The predicted molar refractivity (Wildman–Crippen MR) is 149 cm³/mol. The van der Waals surface area contributed by atoms with E-state index >= 15 is 0 Å². The maximum Gasteiger partial charge on any atom is 0.252 e. The lowest BCUT2D eigenvalue weighted by atomic mass is 9.80. The fourth-order valence-electron chi connectivity index (χ4n) is 4.60. The molecule has 0 fully saturated rings. The Labute approximate surface area is 228 Å². The van der Waals surface area contributed by atoms with Crippen LogP contribution in [0.2, 0.25) is 0 Å². The molecule has 0 radical (unpaired) electrons.